The van der Waals surface area contributed by atoms with Crippen LogP contribution in [0.2, 0.25) is 0 Å². The molecular formula is C15H17NO4. The van der Waals surface area contributed by atoms with Gasteiger partial charge in [-0.2, -0.15) is 5.06 Å². The summed E-state index contributed by atoms with van der Waals surface area (Å²) in [4.78, 5) is 29.9. The van der Waals surface area contributed by atoms with Gasteiger partial charge in [-0.15, -0.1) is 0 Å². The molecule has 5 heteroatoms. The predicted molar refractivity (Wildman–Crippen MR) is 70.6 cm³/mol. The highest BCUT2D eigenvalue weighted by Crippen LogP contribution is 2.45. The predicted octanol–water partition coefficient (Wildman–Crippen LogP) is 1.42. The number of hydrogen-bond acceptors (Lipinski definition) is 5. The maximum absolute atomic E-state index is 12.5. The van der Waals surface area contributed by atoms with E-state index in [9.17, 15) is 9.59 Å². The fraction of sp³-hybridized carbons (Fsp3) is 0.467. The van der Waals surface area contributed by atoms with E-state index in [-0.39, 0.29) is 24.4 Å². The van der Waals surface area contributed by atoms with Gasteiger partial charge in [-0.1, -0.05) is 30.3 Å². The Labute approximate surface area is 117 Å². The summed E-state index contributed by atoms with van der Waals surface area (Å²) in [5, 5.41) is 1.65. The molecule has 3 rings (SSSR count). The fourth-order valence-electron chi connectivity index (χ4n) is 2.95. The van der Waals surface area contributed by atoms with Gasteiger partial charge < -0.3 is 4.74 Å². The van der Waals surface area contributed by atoms with Crippen LogP contribution in [0.4, 0.5) is 0 Å². The van der Waals surface area contributed by atoms with Crippen molar-refractivity contribution < 1.29 is 19.2 Å². The summed E-state index contributed by atoms with van der Waals surface area (Å²) in [5.41, 5.74) is -0.199. The van der Waals surface area contributed by atoms with Gasteiger partial charge in [-0.25, -0.2) is 4.79 Å². The van der Waals surface area contributed by atoms with Gasteiger partial charge in [0.2, 0.25) is 0 Å². The van der Waals surface area contributed by atoms with Gasteiger partial charge >= 0.3 is 5.97 Å². The molecule has 0 unspecified atom stereocenters. The van der Waals surface area contributed by atoms with Crippen LogP contribution in [-0.2, 0) is 24.7 Å². The van der Waals surface area contributed by atoms with Crippen LogP contribution in [0.25, 0.3) is 0 Å². The maximum atomic E-state index is 12.5. The van der Waals surface area contributed by atoms with Crippen molar-refractivity contribution in [1.82, 2.24) is 5.06 Å². The van der Waals surface area contributed by atoms with Crippen molar-refractivity contribution in [1.29, 1.82) is 0 Å². The second-order valence-electron chi connectivity index (χ2n) is 5.41. The molecule has 2 aliphatic rings. The van der Waals surface area contributed by atoms with Crippen molar-refractivity contribution in [3.8, 4) is 0 Å². The summed E-state index contributed by atoms with van der Waals surface area (Å²) in [7, 11) is 0. The molecule has 1 aromatic carbocycles. The van der Waals surface area contributed by atoms with E-state index < -0.39 is 11.6 Å². The van der Waals surface area contributed by atoms with E-state index in [0.717, 1.165) is 5.56 Å². The minimum atomic E-state index is -1.00. The minimum Gasteiger partial charge on any atom is -0.462 e. The van der Waals surface area contributed by atoms with E-state index in [1.807, 2.05) is 37.3 Å². The van der Waals surface area contributed by atoms with E-state index in [4.69, 9.17) is 9.57 Å². The number of carbonyl (C=O) groups excluding carboxylic acids is 2. The van der Waals surface area contributed by atoms with Crippen LogP contribution in [-0.4, -0.2) is 35.6 Å². The Kier molecular flexibility index (Phi) is 3.11. The number of morpholine rings is 1. The van der Waals surface area contributed by atoms with E-state index in [1.54, 1.807) is 5.06 Å². The number of carbonyl (C=O) groups is 2. The average Bonchev–Trinajstić information content (AvgIpc) is 2.87. The quantitative estimate of drug-likeness (QED) is 0.764. The van der Waals surface area contributed by atoms with Gasteiger partial charge in [0.25, 0.3) is 0 Å². The zero-order chi connectivity index (χ0) is 14.3. The second-order valence-corrected chi connectivity index (χ2v) is 5.41. The summed E-state index contributed by atoms with van der Waals surface area (Å²) in [6, 6.07) is 9.29. The Morgan fingerprint density at radius 1 is 1.35 bits per heavy atom. The highest BCUT2D eigenvalue weighted by molar-refractivity contribution is 5.87. The molecule has 20 heavy (non-hydrogen) atoms. The number of ether oxygens (including phenoxy) is 1. The highest BCUT2D eigenvalue weighted by Gasteiger charge is 2.60. The zero-order valence-electron chi connectivity index (χ0n) is 11.5. The molecule has 2 fully saturated rings. The first kappa shape index (κ1) is 13.3. The van der Waals surface area contributed by atoms with Crippen molar-refractivity contribution in [2.45, 2.75) is 38.0 Å². The normalized spacial score (nSPS) is 33.6. The van der Waals surface area contributed by atoms with Crippen LogP contribution in [0.15, 0.2) is 30.3 Å². The summed E-state index contributed by atoms with van der Waals surface area (Å²) < 4.78 is 5.32. The van der Waals surface area contributed by atoms with Crippen LogP contribution < -0.4 is 0 Å². The number of benzene rings is 1. The zero-order valence-corrected chi connectivity index (χ0v) is 11.5. The molecule has 2 saturated heterocycles. The molecule has 0 saturated carbocycles. The van der Waals surface area contributed by atoms with E-state index in [0.29, 0.717) is 6.42 Å². The Morgan fingerprint density at radius 2 is 2.05 bits per heavy atom. The molecule has 1 aromatic rings. The highest BCUT2D eigenvalue weighted by atomic mass is 16.7. The first-order valence-corrected chi connectivity index (χ1v) is 6.75. The average molecular weight is 275 g/mol. The third-order valence-corrected chi connectivity index (χ3v) is 4.00. The summed E-state index contributed by atoms with van der Waals surface area (Å²) in [5.74, 6) is -0.416. The third-order valence-electron chi connectivity index (χ3n) is 4.00. The molecule has 3 atom stereocenters. The molecule has 106 valence electrons. The largest absolute Gasteiger partial charge is 0.462 e. The molecule has 0 spiro atoms. The van der Waals surface area contributed by atoms with Crippen molar-refractivity contribution in [3.05, 3.63) is 35.9 Å². The van der Waals surface area contributed by atoms with Crippen LogP contribution >= 0.6 is 0 Å². The first-order valence-electron chi connectivity index (χ1n) is 6.75. The monoisotopic (exact) mass is 275 g/mol. The van der Waals surface area contributed by atoms with Gasteiger partial charge in [0.15, 0.2) is 11.3 Å². The van der Waals surface area contributed by atoms with Gasteiger partial charge in [0, 0.05) is 6.42 Å². The SMILES string of the molecule is CC(=O)[C@@H]1C[C@]2(c3ccccc3)C(=O)OC[C@H](C)N2O1. The number of cyclic esters (lactones) is 1. The molecule has 5 nitrogen and oxygen atoms in total. The Bertz CT molecular complexity index is 544. The number of ketones is 1. The first-order chi connectivity index (χ1) is 9.55. The molecule has 0 bridgehead atoms. The lowest BCUT2D eigenvalue weighted by Crippen LogP contribution is -2.57. The summed E-state index contributed by atoms with van der Waals surface area (Å²) in [6.07, 6.45) is -0.293. The summed E-state index contributed by atoms with van der Waals surface area (Å²) >= 11 is 0. The van der Waals surface area contributed by atoms with Gasteiger partial charge in [-0.05, 0) is 19.4 Å². The number of rotatable bonds is 2. The molecule has 0 amide bonds. The maximum Gasteiger partial charge on any atom is 0.333 e. The third kappa shape index (κ3) is 1.77. The smallest absolute Gasteiger partial charge is 0.333 e. The molecule has 2 heterocycles. The Balaban J connectivity index is 2.10. The van der Waals surface area contributed by atoms with Crippen molar-refractivity contribution in [3.63, 3.8) is 0 Å². The fourth-order valence-corrected chi connectivity index (χ4v) is 2.95. The second kappa shape index (κ2) is 4.68. The number of hydroxylamine groups is 2. The van der Waals surface area contributed by atoms with Gasteiger partial charge in [0.1, 0.15) is 12.7 Å². The Morgan fingerprint density at radius 3 is 2.70 bits per heavy atom. The number of fused-ring (bicyclic) bond motifs is 1. The van der Waals surface area contributed by atoms with E-state index in [1.165, 1.54) is 6.92 Å². The van der Waals surface area contributed by atoms with Crippen molar-refractivity contribution in [2.75, 3.05) is 6.61 Å². The summed E-state index contributed by atoms with van der Waals surface area (Å²) in [6.45, 7) is 3.68. The molecule has 2 aliphatic heterocycles. The Hall–Kier alpha value is -1.72. The molecule has 0 aliphatic carbocycles. The van der Waals surface area contributed by atoms with Gasteiger partial charge in [-0.3, -0.25) is 9.63 Å². The van der Waals surface area contributed by atoms with Crippen molar-refractivity contribution in [2.24, 2.45) is 0 Å². The lowest BCUT2D eigenvalue weighted by Gasteiger charge is -2.41. The minimum absolute atomic E-state index is 0.0743. The number of esters is 1. The number of hydrogen-bond donors (Lipinski definition) is 0. The number of Topliss-reactive ketones (excluding diaryl/α,β-unsaturated/α-hetero) is 1. The van der Waals surface area contributed by atoms with E-state index >= 15 is 0 Å². The topological polar surface area (TPSA) is 55.8 Å². The molecule has 0 N–H and O–H groups in total. The van der Waals surface area contributed by atoms with Crippen LogP contribution in [0, 0.1) is 0 Å². The van der Waals surface area contributed by atoms with Crippen LogP contribution in [0.3, 0.4) is 0 Å². The molecular weight excluding hydrogens is 258 g/mol. The van der Waals surface area contributed by atoms with Crippen LogP contribution in [0.5, 0.6) is 0 Å². The lowest BCUT2D eigenvalue weighted by atomic mass is 9.83. The number of nitrogens with zero attached hydrogens (tertiary/aromatic N) is 1. The van der Waals surface area contributed by atoms with Gasteiger partial charge in [0.05, 0.1) is 6.04 Å². The van der Waals surface area contributed by atoms with Crippen LogP contribution in [0.1, 0.15) is 25.8 Å². The van der Waals surface area contributed by atoms with Crippen molar-refractivity contribution >= 4 is 11.8 Å². The standard InChI is InChI=1S/C15H17NO4/c1-10-9-19-14(18)15(12-6-4-3-5-7-12)8-13(11(2)17)20-16(10)15/h3-7,10,13H,8-9H2,1-2H3/t10-,13-,15-/m0/s1. The van der Waals surface area contributed by atoms with E-state index in [2.05, 4.69) is 0 Å². The molecule has 0 radical (unpaired) electrons. The molecule has 0 aromatic heterocycles. The lowest BCUT2D eigenvalue weighted by molar-refractivity contribution is -0.246.